The monoisotopic (exact) mass is 310 g/mol. The number of benzene rings is 2. The average molecular weight is 310 g/mol. The summed E-state index contributed by atoms with van der Waals surface area (Å²) in [4.78, 5) is 12.3. The van der Waals surface area contributed by atoms with Crippen molar-refractivity contribution >= 4 is 5.91 Å². The standard InChI is InChI=1S/C20H26N2O/c1-16-9-11-18(12-10-16)19(17-7-3-2-4-8-17)15-20(23)22-14-6-5-13-21/h2-4,7-12,19H,5-6,13-15,21H2,1H3,(H,22,23)/t19-/m0/s1. The molecule has 0 aliphatic rings. The number of rotatable bonds is 8. The number of unbranched alkanes of at least 4 members (excludes halogenated alkanes) is 1. The van der Waals surface area contributed by atoms with Gasteiger partial charge in [-0.15, -0.1) is 0 Å². The summed E-state index contributed by atoms with van der Waals surface area (Å²) in [6, 6.07) is 18.7. The predicted molar refractivity (Wildman–Crippen MR) is 95.4 cm³/mol. The van der Waals surface area contributed by atoms with E-state index in [9.17, 15) is 4.79 Å². The van der Waals surface area contributed by atoms with Crippen molar-refractivity contribution in [1.29, 1.82) is 0 Å². The van der Waals surface area contributed by atoms with Crippen LogP contribution in [0.2, 0.25) is 0 Å². The number of nitrogens with two attached hydrogens (primary N) is 1. The fourth-order valence-electron chi connectivity index (χ4n) is 2.67. The average Bonchev–Trinajstić information content (AvgIpc) is 2.58. The predicted octanol–water partition coefficient (Wildman–Crippen LogP) is 3.37. The number of amides is 1. The van der Waals surface area contributed by atoms with E-state index in [2.05, 4.69) is 48.6 Å². The van der Waals surface area contributed by atoms with Gasteiger partial charge < -0.3 is 11.1 Å². The molecule has 23 heavy (non-hydrogen) atoms. The first-order valence-corrected chi connectivity index (χ1v) is 8.29. The van der Waals surface area contributed by atoms with Gasteiger partial charge in [0.15, 0.2) is 0 Å². The highest BCUT2D eigenvalue weighted by Crippen LogP contribution is 2.28. The third-order valence-corrected chi connectivity index (χ3v) is 4.02. The van der Waals surface area contributed by atoms with Gasteiger partial charge in [-0.05, 0) is 37.4 Å². The fraction of sp³-hybridized carbons (Fsp3) is 0.350. The Labute approximate surface area is 138 Å². The van der Waals surface area contributed by atoms with E-state index in [4.69, 9.17) is 5.73 Å². The highest BCUT2D eigenvalue weighted by molar-refractivity contribution is 5.77. The molecule has 1 atom stereocenters. The maximum absolute atomic E-state index is 12.3. The molecule has 3 N–H and O–H groups in total. The summed E-state index contributed by atoms with van der Waals surface area (Å²) in [5.41, 5.74) is 9.06. The molecule has 2 rings (SSSR count). The quantitative estimate of drug-likeness (QED) is 0.735. The van der Waals surface area contributed by atoms with Crippen LogP contribution in [0.25, 0.3) is 0 Å². The number of carbonyl (C=O) groups is 1. The smallest absolute Gasteiger partial charge is 0.220 e. The first-order chi connectivity index (χ1) is 11.2. The van der Waals surface area contributed by atoms with Crippen LogP contribution in [0.4, 0.5) is 0 Å². The Morgan fingerprint density at radius 3 is 2.30 bits per heavy atom. The Bertz CT molecular complexity index is 593. The van der Waals surface area contributed by atoms with Gasteiger partial charge in [-0.1, -0.05) is 60.2 Å². The highest BCUT2D eigenvalue weighted by atomic mass is 16.1. The van der Waals surface area contributed by atoms with Crippen molar-refractivity contribution in [3.05, 3.63) is 71.3 Å². The SMILES string of the molecule is Cc1ccc([C@@H](CC(=O)NCCCCN)c2ccccc2)cc1. The molecule has 122 valence electrons. The minimum absolute atomic E-state index is 0.0892. The lowest BCUT2D eigenvalue weighted by molar-refractivity contribution is -0.121. The molecule has 0 aliphatic heterocycles. The minimum atomic E-state index is 0.0892. The number of carbonyl (C=O) groups excluding carboxylic acids is 1. The topological polar surface area (TPSA) is 55.1 Å². The molecule has 3 heteroatoms. The van der Waals surface area contributed by atoms with Crippen LogP contribution in [0.3, 0.4) is 0 Å². The van der Waals surface area contributed by atoms with E-state index >= 15 is 0 Å². The minimum Gasteiger partial charge on any atom is -0.356 e. The summed E-state index contributed by atoms with van der Waals surface area (Å²) in [5.74, 6) is 0.183. The molecule has 2 aromatic carbocycles. The molecular weight excluding hydrogens is 284 g/mol. The van der Waals surface area contributed by atoms with Gasteiger partial charge >= 0.3 is 0 Å². The number of aryl methyl sites for hydroxylation is 1. The lowest BCUT2D eigenvalue weighted by atomic mass is 9.88. The number of hydrogen-bond donors (Lipinski definition) is 2. The lowest BCUT2D eigenvalue weighted by Gasteiger charge is -2.18. The highest BCUT2D eigenvalue weighted by Gasteiger charge is 2.17. The largest absolute Gasteiger partial charge is 0.356 e. The molecule has 1 amide bonds. The molecule has 0 saturated heterocycles. The van der Waals surface area contributed by atoms with Crippen LogP contribution >= 0.6 is 0 Å². The zero-order valence-electron chi connectivity index (χ0n) is 13.8. The van der Waals surface area contributed by atoms with Crippen LogP contribution < -0.4 is 11.1 Å². The van der Waals surface area contributed by atoms with E-state index in [0.29, 0.717) is 19.5 Å². The summed E-state index contributed by atoms with van der Waals surface area (Å²) < 4.78 is 0. The van der Waals surface area contributed by atoms with Gasteiger partial charge in [0.2, 0.25) is 5.91 Å². The maximum Gasteiger partial charge on any atom is 0.220 e. The normalized spacial score (nSPS) is 11.9. The van der Waals surface area contributed by atoms with Gasteiger partial charge in [0.05, 0.1) is 0 Å². The number of hydrogen-bond acceptors (Lipinski definition) is 2. The molecule has 0 aliphatic carbocycles. The van der Waals surface area contributed by atoms with Gasteiger partial charge in [-0.25, -0.2) is 0 Å². The van der Waals surface area contributed by atoms with Gasteiger partial charge in [-0.2, -0.15) is 0 Å². The van der Waals surface area contributed by atoms with Crippen molar-refractivity contribution in [2.45, 2.75) is 32.1 Å². The zero-order chi connectivity index (χ0) is 16.5. The van der Waals surface area contributed by atoms with Gasteiger partial charge in [0, 0.05) is 18.9 Å². The summed E-state index contributed by atoms with van der Waals surface area (Å²) in [7, 11) is 0. The van der Waals surface area contributed by atoms with Crippen molar-refractivity contribution in [2.24, 2.45) is 5.73 Å². The van der Waals surface area contributed by atoms with Crippen LogP contribution in [0, 0.1) is 6.92 Å². The summed E-state index contributed by atoms with van der Waals surface area (Å²) in [6.45, 7) is 3.45. The number of nitrogens with one attached hydrogen (secondary N) is 1. The van der Waals surface area contributed by atoms with E-state index in [-0.39, 0.29) is 11.8 Å². The second-order valence-corrected chi connectivity index (χ2v) is 5.92. The van der Waals surface area contributed by atoms with E-state index in [0.717, 1.165) is 12.8 Å². The fourth-order valence-corrected chi connectivity index (χ4v) is 2.67. The van der Waals surface area contributed by atoms with Crippen LogP contribution in [-0.2, 0) is 4.79 Å². The molecule has 0 spiro atoms. The van der Waals surface area contributed by atoms with Gasteiger partial charge in [0.1, 0.15) is 0 Å². The van der Waals surface area contributed by atoms with E-state index in [1.807, 2.05) is 18.2 Å². The van der Waals surface area contributed by atoms with Gasteiger partial charge in [-0.3, -0.25) is 4.79 Å². The molecule has 0 unspecified atom stereocenters. The van der Waals surface area contributed by atoms with Gasteiger partial charge in [0.25, 0.3) is 0 Å². The first kappa shape index (κ1) is 17.2. The molecular formula is C20H26N2O. The van der Waals surface area contributed by atoms with Crippen molar-refractivity contribution < 1.29 is 4.79 Å². The summed E-state index contributed by atoms with van der Waals surface area (Å²) in [6.07, 6.45) is 2.35. The Morgan fingerprint density at radius 2 is 1.65 bits per heavy atom. The first-order valence-electron chi connectivity index (χ1n) is 8.29. The van der Waals surface area contributed by atoms with E-state index in [1.54, 1.807) is 0 Å². The van der Waals surface area contributed by atoms with Crippen molar-refractivity contribution in [3.63, 3.8) is 0 Å². The second-order valence-electron chi connectivity index (χ2n) is 5.92. The molecule has 0 saturated carbocycles. The molecule has 3 nitrogen and oxygen atoms in total. The van der Waals surface area contributed by atoms with Crippen molar-refractivity contribution in [2.75, 3.05) is 13.1 Å². The van der Waals surface area contributed by atoms with Crippen LogP contribution in [0.15, 0.2) is 54.6 Å². The Hall–Kier alpha value is -2.13. The van der Waals surface area contributed by atoms with Crippen molar-refractivity contribution in [1.82, 2.24) is 5.32 Å². The second kappa shape index (κ2) is 9.11. The van der Waals surface area contributed by atoms with Crippen LogP contribution in [0.1, 0.15) is 41.9 Å². The Kier molecular flexibility index (Phi) is 6.82. The molecule has 0 heterocycles. The van der Waals surface area contributed by atoms with Crippen LogP contribution in [-0.4, -0.2) is 19.0 Å². The molecule has 0 fully saturated rings. The third kappa shape index (κ3) is 5.53. The summed E-state index contributed by atoms with van der Waals surface area (Å²) in [5, 5.41) is 3.00. The maximum atomic E-state index is 12.3. The Morgan fingerprint density at radius 1 is 1.00 bits per heavy atom. The zero-order valence-corrected chi connectivity index (χ0v) is 13.8. The lowest BCUT2D eigenvalue weighted by Crippen LogP contribution is -2.26. The molecule has 0 bridgehead atoms. The summed E-state index contributed by atoms with van der Waals surface area (Å²) >= 11 is 0. The van der Waals surface area contributed by atoms with Crippen molar-refractivity contribution in [3.8, 4) is 0 Å². The third-order valence-electron chi connectivity index (χ3n) is 4.02. The molecule has 2 aromatic rings. The Balaban J connectivity index is 2.08. The molecule has 0 radical (unpaired) electrons. The van der Waals surface area contributed by atoms with Crippen LogP contribution in [0.5, 0.6) is 0 Å². The van der Waals surface area contributed by atoms with E-state index < -0.39 is 0 Å². The van der Waals surface area contributed by atoms with E-state index in [1.165, 1.54) is 16.7 Å². The molecule has 0 aromatic heterocycles.